The van der Waals surface area contributed by atoms with Crippen molar-refractivity contribution in [1.82, 2.24) is 9.88 Å². The van der Waals surface area contributed by atoms with E-state index in [0.717, 1.165) is 25.2 Å². The lowest BCUT2D eigenvalue weighted by Gasteiger charge is -2.11. The van der Waals surface area contributed by atoms with E-state index < -0.39 is 0 Å². The zero-order valence-electron chi connectivity index (χ0n) is 14.2. The van der Waals surface area contributed by atoms with E-state index in [1.807, 2.05) is 18.2 Å². The Morgan fingerprint density at radius 1 is 0.875 bits per heavy atom. The Bertz CT molecular complexity index is 789. The maximum absolute atomic E-state index is 13.1. The van der Waals surface area contributed by atoms with Crippen molar-refractivity contribution in [3.63, 3.8) is 0 Å². The number of aromatic nitrogens is 1. The van der Waals surface area contributed by atoms with Crippen molar-refractivity contribution in [3.8, 4) is 0 Å². The number of nitrogens with zero attached hydrogens (tertiary/aromatic N) is 1. The summed E-state index contributed by atoms with van der Waals surface area (Å²) in [7, 11) is 0. The molecule has 3 rings (SSSR count). The van der Waals surface area contributed by atoms with Gasteiger partial charge in [-0.3, -0.25) is 0 Å². The minimum atomic E-state index is -0.189. The lowest BCUT2D eigenvalue weighted by molar-refractivity contribution is 0.626. The monoisotopic (exact) mass is 322 g/mol. The van der Waals surface area contributed by atoms with Crippen LogP contribution in [0.2, 0.25) is 0 Å². The van der Waals surface area contributed by atoms with Crippen LogP contribution in [0.5, 0.6) is 0 Å². The van der Waals surface area contributed by atoms with E-state index in [4.69, 9.17) is 0 Å². The molecule has 1 aromatic heterocycles. The van der Waals surface area contributed by atoms with Crippen molar-refractivity contribution in [2.45, 2.75) is 33.5 Å². The van der Waals surface area contributed by atoms with Gasteiger partial charge in [-0.05, 0) is 48.7 Å². The standard InChI is InChI=1S/C21H23FN2/c1-16-12-20(14-23-13-18-6-4-3-5-7-18)17(2)24(16)15-19-8-10-21(22)11-9-19/h3-12,23H,13-15H2,1-2H3. The van der Waals surface area contributed by atoms with E-state index in [1.165, 1.54) is 34.6 Å². The van der Waals surface area contributed by atoms with Gasteiger partial charge >= 0.3 is 0 Å². The molecule has 2 aromatic carbocycles. The van der Waals surface area contributed by atoms with Gasteiger partial charge in [-0.25, -0.2) is 4.39 Å². The molecule has 0 saturated carbocycles. The molecular formula is C21H23FN2. The number of aryl methyl sites for hydroxylation is 1. The largest absolute Gasteiger partial charge is 0.344 e. The van der Waals surface area contributed by atoms with Crippen LogP contribution in [0.3, 0.4) is 0 Å². The Morgan fingerprint density at radius 2 is 1.58 bits per heavy atom. The molecule has 1 heterocycles. The number of benzene rings is 2. The van der Waals surface area contributed by atoms with Gasteiger partial charge in [0.25, 0.3) is 0 Å². The summed E-state index contributed by atoms with van der Waals surface area (Å²) < 4.78 is 15.3. The fourth-order valence-electron chi connectivity index (χ4n) is 3.00. The van der Waals surface area contributed by atoms with E-state index >= 15 is 0 Å². The van der Waals surface area contributed by atoms with Crippen LogP contribution >= 0.6 is 0 Å². The number of rotatable bonds is 6. The van der Waals surface area contributed by atoms with E-state index in [-0.39, 0.29) is 5.82 Å². The van der Waals surface area contributed by atoms with Gasteiger partial charge in [-0.2, -0.15) is 0 Å². The van der Waals surface area contributed by atoms with Gasteiger partial charge in [0.2, 0.25) is 0 Å². The summed E-state index contributed by atoms with van der Waals surface area (Å²) in [5.74, 6) is -0.189. The number of hydrogen-bond donors (Lipinski definition) is 1. The Hall–Kier alpha value is -2.39. The van der Waals surface area contributed by atoms with Crippen LogP contribution in [0.25, 0.3) is 0 Å². The Morgan fingerprint density at radius 3 is 2.29 bits per heavy atom. The molecule has 3 aromatic rings. The average Bonchev–Trinajstić information content (AvgIpc) is 2.85. The van der Waals surface area contributed by atoms with Crippen molar-refractivity contribution in [1.29, 1.82) is 0 Å². The molecule has 2 nitrogen and oxygen atoms in total. The third kappa shape index (κ3) is 3.92. The topological polar surface area (TPSA) is 17.0 Å². The first-order valence-electron chi connectivity index (χ1n) is 8.28. The van der Waals surface area contributed by atoms with Gasteiger partial charge in [-0.15, -0.1) is 0 Å². The van der Waals surface area contributed by atoms with E-state index in [1.54, 1.807) is 0 Å². The molecule has 0 saturated heterocycles. The maximum Gasteiger partial charge on any atom is 0.123 e. The van der Waals surface area contributed by atoms with Gasteiger partial charge in [0.05, 0.1) is 0 Å². The lowest BCUT2D eigenvalue weighted by Crippen LogP contribution is -2.13. The first-order valence-corrected chi connectivity index (χ1v) is 8.28. The minimum Gasteiger partial charge on any atom is -0.344 e. The van der Waals surface area contributed by atoms with Crippen molar-refractivity contribution in [2.75, 3.05) is 0 Å². The molecule has 0 bridgehead atoms. The lowest BCUT2D eigenvalue weighted by atomic mass is 10.2. The van der Waals surface area contributed by atoms with Crippen molar-refractivity contribution in [3.05, 3.63) is 94.6 Å². The number of nitrogens with one attached hydrogen (secondary N) is 1. The second kappa shape index (κ2) is 7.45. The van der Waals surface area contributed by atoms with Crippen molar-refractivity contribution >= 4 is 0 Å². The summed E-state index contributed by atoms with van der Waals surface area (Å²) in [5, 5.41) is 3.51. The van der Waals surface area contributed by atoms with Crippen molar-refractivity contribution < 1.29 is 4.39 Å². The Balaban J connectivity index is 1.66. The van der Waals surface area contributed by atoms with E-state index in [0.29, 0.717) is 0 Å². The van der Waals surface area contributed by atoms with Crippen LogP contribution in [-0.2, 0) is 19.6 Å². The molecule has 3 heteroatoms. The molecule has 0 radical (unpaired) electrons. The second-order valence-corrected chi connectivity index (χ2v) is 6.20. The molecule has 1 N–H and O–H groups in total. The number of halogens is 1. The summed E-state index contributed by atoms with van der Waals surface area (Å²) in [6.45, 7) is 6.75. The van der Waals surface area contributed by atoms with Gasteiger partial charge < -0.3 is 9.88 Å². The molecule has 0 spiro atoms. The highest BCUT2D eigenvalue weighted by Gasteiger charge is 2.09. The summed E-state index contributed by atoms with van der Waals surface area (Å²) >= 11 is 0. The molecule has 0 aliphatic heterocycles. The molecule has 124 valence electrons. The predicted octanol–water partition coefficient (Wildman–Crippen LogP) is 4.58. The third-order valence-corrected chi connectivity index (χ3v) is 4.42. The summed E-state index contributed by atoms with van der Waals surface area (Å²) in [5.41, 5.74) is 6.20. The van der Waals surface area contributed by atoms with Gasteiger partial charge in [0, 0.05) is 31.0 Å². The smallest absolute Gasteiger partial charge is 0.123 e. The predicted molar refractivity (Wildman–Crippen MR) is 96.4 cm³/mol. The van der Waals surface area contributed by atoms with Crippen LogP contribution in [0.1, 0.15) is 28.1 Å². The quantitative estimate of drug-likeness (QED) is 0.703. The highest BCUT2D eigenvalue weighted by atomic mass is 19.1. The summed E-state index contributed by atoms with van der Waals surface area (Å²) in [6.07, 6.45) is 0. The highest BCUT2D eigenvalue weighted by molar-refractivity contribution is 5.29. The summed E-state index contributed by atoms with van der Waals surface area (Å²) in [4.78, 5) is 0. The first kappa shape index (κ1) is 16.5. The van der Waals surface area contributed by atoms with Gasteiger partial charge in [0.15, 0.2) is 0 Å². The zero-order chi connectivity index (χ0) is 16.9. The van der Waals surface area contributed by atoms with Gasteiger partial charge in [0.1, 0.15) is 5.82 Å². The minimum absolute atomic E-state index is 0.189. The molecule has 0 unspecified atom stereocenters. The summed E-state index contributed by atoms with van der Waals surface area (Å²) in [6, 6.07) is 19.4. The van der Waals surface area contributed by atoms with E-state index in [2.05, 4.69) is 54.1 Å². The maximum atomic E-state index is 13.1. The van der Waals surface area contributed by atoms with Crippen LogP contribution in [0.15, 0.2) is 60.7 Å². The molecule has 24 heavy (non-hydrogen) atoms. The van der Waals surface area contributed by atoms with Crippen molar-refractivity contribution in [2.24, 2.45) is 0 Å². The van der Waals surface area contributed by atoms with Gasteiger partial charge in [-0.1, -0.05) is 42.5 Å². The SMILES string of the molecule is Cc1cc(CNCc2ccccc2)c(C)n1Cc1ccc(F)cc1. The van der Waals surface area contributed by atoms with E-state index in [9.17, 15) is 4.39 Å². The fraction of sp³-hybridized carbons (Fsp3) is 0.238. The molecule has 0 aliphatic rings. The molecule has 0 aliphatic carbocycles. The average molecular weight is 322 g/mol. The van der Waals surface area contributed by atoms with Crippen LogP contribution in [-0.4, -0.2) is 4.57 Å². The molecular weight excluding hydrogens is 299 g/mol. The second-order valence-electron chi connectivity index (χ2n) is 6.20. The Labute approximate surface area is 143 Å². The van der Waals surface area contributed by atoms with Crippen LogP contribution in [0, 0.1) is 19.7 Å². The molecule has 0 atom stereocenters. The highest BCUT2D eigenvalue weighted by Crippen LogP contribution is 2.17. The normalized spacial score (nSPS) is 11.0. The molecule has 0 amide bonds. The zero-order valence-corrected chi connectivity index (χ0v) is 14.2. The first-order chi connectivity index (χ1) is 11.6. The molecule has 0 fully saturated rings. The number of hydrogen-bond acceptors (Lipinski definition) is 1. The van der Waals surface area contributed by atoms with Crippen LogP contribution in [0.4, 0.5) is 4.39 Å². The van der Waals surface area contributed by atoms with Crippen LogP contribution < -0.4 is 5.32 Å². The fourth-order valence-corrected chi connectivity index (χ4v) is 3.00. The Kier molecular flexibility index (Phi) is 5.11. The third-order valence-electron chi connectivity index (χ3n) is 4.42.